The van der Waals surface area contributed by atoms with Crippen LogP contribution in [-0.4, -0.2) is 37.3 Å². The Labute approximate surface area is 106 Å². The summed E-state index contributed by atoms with van der Waals surface area (Å²) in [5.74, 6) is -0.474. The Morgan fingerprint density at radius 3 is 2.94 bits per heavy atom. The monoisotopic (exact) mass is 273 g/mol. The number of halogens is 1. The van der Waals surface area contributed by atoms with Gasteiger partial charge >= 0.3 is 0 Å². The van der Waals surface area contributed by atoms with Gasteiger partial charge in [-0.15, -0.1) is 0 Å². The van der Waals surface area contributed by atoms with Gasteiger partial charge in [0, 0.05) is 19.3 Å². The lowest BCUT2D eigenvalue weighted by Crippen LogP contribution is -2.42. The van der Waals surface area contributed by atoms with Crippen LogP contribution in [0.25, 0.3) is 0 Å². The molecule has 1 aromatic rings. The maximum atomic E-state index is 13.0. The molecule has 2 rings (SSSR count). The average Bonchev–Trinajstić information content (AvgIpc) is 2.39. The molecular weight excluding hydrogens is 257 g/mol. The predicted molar refractivity (Wildman–Crippen MR) is 64.7 cm³/mol. The second-order valence-electron chi connectivity index (χ2n) is 4.45. The zero-order chi connectivity index (χ0) is 13.2. The Balaban J connectivity index is 2.25. The van der Waals surface area contributed by atoms with E-state index in [9.17, 15) is 12.8 Å². The largest absolute Gasteiger partial charge is 0.330 e. The first kappa shape index (κ1) is 13.4. The highest BCUT2D eigenvalue weighted by Gasteiger charge is 2.30. The predicted octanol–water partition coefficient (Wildman–Crippen LogP) is 0.580. The molecule has 0 bridgehead atoms. The smallest absolute Gasteiger partial charge is 0.244 e. The third-order valence-corrected chi connectivity index (χ3v) is 4.96. The molecule has 0 amide bonds. The van der Waals surface area contributed by atoms with Crippen LogP contribution in [0, 0.1) is 11.7 Å². The Morgan fingerprint density at radius 1 is 1.50 bits per heavy atom. The Kier molecular flexibility index (Phi) is 3.94. The van der Waals surface area contributed by atoms with Gasteiger partial charge in [-0.25, -0.2) is 12.8 Å². The number of nitrogens with zero attached hydrogens (tertiary/aromatic N) is 2. The zero-order valence-electron chi connectivity index (χ0n) is 9.92. The van der Waals surface area contributed by atoms with E-state index in [1.54, 1.807) is 0 Å². The molecule has 0 unspecified atom stereocenters. The second-order valence-corrected chi connectivity index (χ2v) is 6.38. The van der Waals surface area contributed by atoms with Gasteiger partial charge in [-0.2, -0.15) is 4.31 Å². The van der Waals surface area contributed by atoms with Crippen molar-refractivity contribution in [2.45, 2.75) is 17.7 Å². The Hall–Kier alpha value is -1.05. The van der Waals surface area contributed by atoms with E-state index in [1.807, 2.05) is 0 Å². The van der Waals surface area contributed by atoms with Crippen LogP contribution in [0.3, 0.4) is 0 Å². The molecule has 7 heteroatoms. The van der Waals surface area contributed by atoms with Gasteiger partial charge < -0.3 is 5.73 Å². The van der Waals surface area contributed by atoms with E-state index in [1.165, 1.54) is 10.5 Å². The van der Waals surface area contributed by atoms with Crippen molar-refractivity contribution in [2.24, 2.45) is 11.7 Å². The summed E-state index contributed by atoms with van der Waals surface area (Å²) in [6.07, 6.45) is 3.87. The number of rotatable bonds is 3. The van der Waals surface area contributed by atoms with Crippen LogP contribution in [0.1, 0.15) is 12.8 Å². The summed E-state index contributed by atoms with van der Waals surface area (Å²) in [4.78, 5) is 3.48. The molecule has 100 valence electrons. The Morgan fingerprint density at radius 2 is 2.28 bits per heavy atom. The van der Waals surface area contributed by atoms with E-state index in [0.29, 0.717) is 19.6 Å². The van der Waals surface area contributed by atoms with E-state index >= 15 is 0 Å². The lowest BCUT2D eigenvalue weighted by atomic mass is 10.0. The molecule has 1 fully saturated rings. The second kappa shape index (κ2) is 5.29. The molecule has 0 saturated carbocycles. The van der Waals surface area contributed by atoms with Crippen molar-refractivity contribution >= 4 is 10.0 Å². The molecule has 2 heterocycles. The van der Waals surface area contributed by atoms with Gasteiger partial charge in [0.2, 0.25) is 10.0 Å². The maximum Gasteiger partial charge on any atom is 0.244 e. The number of hydrogen-bond acceptors (Lipinski definition) is 4. The van der Waals surface area contributed by atoms with Crippen molar-refractivity contribution in [1.29, 1.82) is 0 Å². The van der Waals surface area contributed by atoms with Crippen molar-refractivity contribution in [3.8, 4) is 0 Å². The van der Waals surface area contributed by atoms with Crippen LogP contribution in [-0.2, 0) is 10.0 Å². The summed E-state index contributed by atoms with van der Waals surface area (Å²) in [6.45, 7) is 1.32. The molecule has 2 N–H and O–H groups in total. The molecule has 0 aromatic carbocycles. The van der Waals surface area contributed by atoms with Crippen molar-refractivity contribution in [3.63, 3.8) is 0 Å². The number of piperidine rings is 1. The normalized spacial score (nSPS) is 22.0. The fraction of sp³-hybridized carbons (Fsp3) is 0.545. The van der Waals surface area contributed by atoms with Gasteiger partial charge in [0.15, 0.2) is 0 Å². The van der Waals surface area contributed by atoms with E-state index in [0.717, 1.165) is 25.1 Å². The minimum atomic E-state index is -3.65. The van der Waals surface area contributed by atoms with Gasteiger partial charge in [-0.3, -0.25) is 4.98 Å². The lowest BCUT2D eigenvalue weighted by molar-refractivity contribution is 0.271. The van der Waals surface area contributed by atoms with Crippen molar-refractivity contribution in [3.05, 3.63) is 24.3 Å². The molecule has 0 spiro atoms. The minimum absolute atomic E-state index is 0.0971. The summed E-state index contributed by atoms with van der Waals surface area (Å²) >= 11 is 0. The zero-order valence-corrected chi connectivity index (χ0v) is 10.7. The first-order valence-corrected chi connectivity index (χ1v) is 7.29. The summed E-state index contributed by atoms with van der Waals surface area (Å²) in [7, 11) is -3.65. The van der Waals surface area contributed by atoms with Crippen LogP contribution in [0.4, 0.5) is 4.39 Å². The molecule has 1 aromatic heterocycles. The van der Waals surface area contributed by atoms with Crippen LogP contribution in [0.5, 0.6) is 0 Å². The van der Waals surface area contributed by atoms with Crippen molar-refractivity contribution in [2.75, 3.05) is 19.6 Å². The number of pyridine rings is 1. The highest BCUT2D eigenvalue weighted by atomic mass is 32.2. The maximum absolute atomic E-state index is 13.0. The van der Waals surface area contributed by atoms with Crippen molar-refractivity contribution in [1.82, 2.24) is 9.29 Å². The fourth-order valence-electron chi connectivity index (χ4n) is 2.12. The summed E-state index contributed by atoms with van der Waals surface area (Å²) < 4.78 is 39.0. The SMILES string of the molecule is NC[C@@H]1CCCN(S(=O)(=O)c2cncc(F)c2)C1. The Bertz CT molecular complexity index is 521. The molecule has 1 atom stereocenters. The van der Waals surface area contributed by atoms with Crippen LogP contribution < -0.4 is 5.73 Å². The molecule has 1 aliphatic rings. The average molecular weight is 273 g/mol. The number of nitrogens with two attached hydrogens (primary N) is 1. The summed E-state index contributed by atoms with van der Waals surface area (Å²) in [5, 5.41) is 0. The van der Waals surface area contributed by atoms with E-state index in [2.05, 4.69) is 4.98 Å². The number of aromatic nitrogens is 1. The van der Waals surface area contributed by atoms with Crippen LogP contribution in [0.2, 0.25) is 0 Å². The molecular formula is C11H16FN3O2S. The quantitative estimate of drug-likeness (QED) is 0.874. The van der Waals surface area contributed by atoms with E-state index in [-0.39, 0.29) is 10.8 Å². The highest BCUT2D eigenvalue weighted by molar-refractivity contribution is 7.89. The third-order valence-electron chi connectivity index (χ3n) is 3.13. The summed E-state index contributed by atoms with van der Waals surface area (Å²) in [6, 6.07) is 0.994. The molecule has 0 radical (unpaired) electrons. The van der Waals surface area contributed by atoms with Gasteiger partial charge in [-0.1, -0.05) is 0 Å². The molecule has 1 aliphatic heterocycles. The molecule has 0 aliphatic carbocycles. The van der Waals surface area contributed by atoms with Crippen LogP contribution in [0.15, 0.2) is 23.4 Å². The summed E-state index contributed by atoms with van der Waals surface area (Å²) in [5.41, 5.74) is 5.58. The first-order valence-electron chi connectivity index (χ1n) is 5.85. The molecule has 1 saturated heterocycles. The number of sulfonamides is 1. The van der Waals surface area contributed by atoms with Crippen LogP contribution >= 0.6 is 0 Å². The standard InChI is InChI=1S/C11H16FN3O2S/c12-10-4-11(7-14-6-10)18(16,17)15-3-1-2-9(5-13)8-15/h4,6-7,9H,1-3,5,8,13H2/t9-/m0/s1. The first-order chi connectivity index (χ1) is 8.54. The highest BCUT2D eigenvalue weighted by Crippen LogP contribution is 2.23. The van der Waals surface area contributed by atoms with Gasteiger partial charge in [0.1, 0.15) is 10.7 Å². The van der Waals surface area contributed by atoms with E-state index in [4.69, 9.17) is 5.73 Å². The topological polar surface area (TPSA) is 76.3 Å². The number of hydrogen-bond donors (Lipinski definition) is 1. The van der Waals surface area contributed by atoms with Gasteiger partial charge in [0.05, 0.1) is 6.20 Å². The minimum Gasteiger partial charge on any atom is -0.330 e. The van der Waals surface area contributed by atoms with Crippen molar-refractivity contribution < 1.29 is 12.8 Å². The lowest BCUT2D eigenvalue weighted by Gasteiger charge is -2.31. The van der Waals surface area contributed by atoms with Gasteiger partial charge in [0.25, 0.3) is 0 Å². The third kappa shape index (κ3) is 2.68. The van der Waals surface area contributed by atoms with Gasteiger partial charge in [-0.05, 0) is 31.4 Å². The fourth-order valence-corrected chi connectivity index (χ4v) is 3.65. The molecule has 5 nitrogen and oxygen atoms in total. The van der Waals surface area contributed by atoms with E-state index < -0.39 is 15.8 Å². The molecule has 18 heavy (non-hydrogen) atoms.